The molecule has 0 spiro atoms. The molecule has 1 atom stereocenters. The van der Waals surface area contributed by atoms with Gasteiger partial charge in [-0.25, -0.2) is 0 Å². The SMILES string of the molecule is CCCCCCCCCCCCCOC(=O)C(C)CCCCCCCC. The molecule has 0 aromatic rings. The number of carbonyl (C=O) groups excluding carboxylic acids is 1. The molecule has 26 heavy (non-hydrogen) atoms. The number of carbonyl (C=O) groups is 1. The standard InChI is InChI=1S/C24H48O2/c1-4-6-8-10-12-13-14-15-16-18-20-22-26-24(25)23(3)21-19-17-11-9-7-5-2/h23H,4-22H2,1-3H3. The molecule has 0 amide bonds. The molecule has 0 heterocycles. The predicted octanol–water partition coefficient (Wildman–Crippen LogP) is 8.23. The van der Waals surface area contributed by atoms with E-state index < -0.39 is 0 Å². The average molecular weight is 369 g/mol. The van der Waals surface area contributed by atoms with Crippen molar-refractivity contribution in [1.29, 1.82) is 0 Å². The van der Waals surface area contributed by atoms with Crippen LogP contribution in [0.25, 0.3) is 0 Å². The Labute approximate surface area is 164 Å². The van der Waals surface area contributed by atoms with E-state index in [0.717, 1.165) is 12.8 Å². The van der Waals surface area contributed by atoms with Crippen LogP contribution in [0, 0.1) is 5.92 Å². The first kappa shape index (κ1) is 25.5. The van der Waals surface area contributed by atoms with E-state index in [1.165, 1.54) is 103 Å². The molecular formula is C24H48O2. The lowest BCUT2D eigenvalue weighted by Crippen LogP contribution is -2.15. The maximum Gasteiger partial charge on any atom is 0.308 e. The summed E-state index contributed by atoms with van der Waals surface area (Å²) in [5, 5.41) is 0. The molecule has 0 aliphatic heterocycles. The van der Waals surface area contributed by atoms with E-state index in [9.17, 15) is 4.79 Å². The molecule has 0 saturated carbocycles. The molecule has 0 bridgehead atoms. The van der Waals surface area contributed by atoms with Crippen molar-refractivity contribution in [3.63, 3.8) is 0 Å². The summed E-state index contributed by atoms with van der Waals surface area (Å²) in [4.78, 5) is 12.0. The van der Waals surface area contributed by atoms with Crippen molar-refractivity contribution in [3.8, 4) is 0 Å². The molecule has 0 N–H and O–H groups in total. The van der Waals surface area contributed by atoms with Crippen LogP contribution in [0.15, 0.2) is 0 Å². The Bertz CT molecular complexity index is 288. The number of ether oxygens (including phenoxy) is 1. The lowest BCUT2D eigenvalue weighted by molar-refractivity contribution is -0.148. The Kier molecular flexibility index (Phi) is 20.4. The van der Waals surface area contributed by atoms with Crippen LogP contribution in [-0.2, 0) is 9.53 Å². The third-order valence-electron chi connectivity index (χ3n) is 5.39. The molecule has 2 nitrogen and oxygen atoms in total. The van der Waals surface area contributed by atoms with E-state index in [0.29, 0.717) is 6.61 Å². The highest BCUT2D eigenvalue weighted by molar-refractivity contribution is 5.71. The molecule has 0 radical (unpaired) electrons. The predicted molar refractivity (Wildman–Crippen MR) is 115 cm³/mol. The second kappa shape index (κ2) is 20.8. The fourth-order valence-corrected chi connectivity index (χ4v) is 3.43. The quantitative estimate of drug-likeness (QED) is 0.160. The normalized spacial score (nSPS) is 12.3. The van der Waals surface area contributed by atoms with Gasteiger partial charge in [0.25, 0.3) is 0 Å². The minimum Gasteiger partial charge on any atom is -0.465 e. The lowest BCUT2D eigenvalue weighted by Gasteiger charge is -2.11. The fraction of sp³-hybridized carbons (Fsp3) is 0.958. The summed E-state index contributed by atoms with van der Waals surface area (Å²) in [5.74, 6) is 0.0968. The summed E-state index contributed by atoms with van der Waals surface area (Å²) in [6.45, 7) is 7.16. The molecule has 1 unspecified atom stereocenters. The highest BCUT2D eigenvalue weighted by Crippen LogP contribution is 2.14. The summed E-state index contributed by atoms with van der Waals surface area (Å²) < 4.78 is 5.44. The van der Waals surface area contributed by atoms with E-state index in [1.807, 2.05) is 6.92 Å². The summed E-state index contributed by atoms with van der Waals surface area (Å²) in [7, 11) is 0. The van der Waals surface area contributed by atoms with Gasteiger partial charge in [-0.2, -0.15) is 0 Å². The highest BCUT2D eigenvalue weighted by Gasteiger charge is 2.13. The monoisotopic (exact) mass is 368 g/mol. The lowest BCUT2D eigenvalue weighted by atomic mass is 10.0. The van der Waals surface area contributed by atoms with Crippen molar-refractivity contribution < 1.29 is 9.53 Å². The Balaban J connectivity index is 3.29. The second-order valence-electron chi connectivity index (χ2n) is 8.16. The van der Waals surface area contributed by atoms with Crippen LogP contribution in [0.3, 0.4) is 0 Å². The minimum absolute atomic E-state index is 0.0191. The van der Waals surface area contributed by atoms with Gasteiger partial charge in [-0.05, 0) is 12.8 Å². The van der Waals surface area contributed by atoms with Gasteiger partial charge in [0.1, 0.15) is 0 Å². The Morgan fingerprint density at radius 3 is 1.46 bits per heavy atom. The van der Waals surface area contributed by atoms with Gasteiger partial charge in [-0.3, -0.25) is 4.79 Å². The van der Waals surface area contributed by atoms with Crippen molar-refractivity contribution in [1.82, 2.24) is 0 Å². The Hall–Kier alpha value is -0.530. The van der Waals surface area contributed by atoms with Gasteiger partial charge < -0.3 is 4.74 Å². The van der Waals surface area contributed by atoms with E-state index in [4.69, 9.17) is 4.74 Å². The van der Waals surface area contributed by atoms with Gasteiger partial charge in [0, 0.05) is 0 Å². The zero-order chi connectivity index (χ0) is 19.3. The third-order valence-corrected chi connectivity index (χ3v) is 5.39. The number of esters is 1. The van der Waals surface area contributed by atoms with Gasteiger partial charge in [-0.1, -0.05) is 124 Å². The van der Waals surface area contributed by atoms with Crippen LogP contribution in [0.5, 0.6) is 0 Å². The Morgan fingerprint density at radius 2 is 1.00 bits per heavy atom. The third kappa shape index (κ3) is 18.3. The summed E-state index contributed by atoms with van der Waals surface area (Å²) >= 11 is 0. The van der Waals surface area contributed by atoms with Gasteiger partial charge in [0.15, 0.2) is 0 Å². The van der Waals surface area contributed by atoms with Crippen LogP contribution in [0.1, 0.15) is 136 Å². The maximum atomic E-state index is 12.0. The molecule has 2 heteroatoms. The zero-order valence-corrected chi connectivity index (χ0v) is 18.3. The first-order chi connectivity index (χ1) is 12.7. The molecule has 0 aromatic carbocycles. The smallest absolute Gasteiger partial charge is 0.308 e. The van der Waals surface area contributed by atoms with Gasteiger partial charge in [-0.15, -0.1) is 0 Å². The molecule has 0 aliphatic carbocycles. The second-order valence-corrected chi connectivity index (χ2v) is 8.16. The average Bonchev–Trinajstić information content (AvgIpc) is 2.65. The van der Waals surface area contributed by atoms with E-state index in [-0.39, 0.29) is 11.9 Å². The molecule has 0 rings (SSSR count). The maximum absolute atomic E-state index is 12.0. The number of hydrogen-bond donors (Lipinski definition) is 0. The summed E-state index contributed by atoms with van der Waals surface area (Å²) in [6, 6.07) is 0. The van der Waals surface area contributed by atoms with Crippen LogP contribution in [0.2, 0.25) is 0 Å². The van der Waals surface area contributed by atoms with Crippen molar-refractivity contribution in [3.05, 3.63) is 0 Å². The van der Waals surface area contributed by atoms with Gasteiger partial charge >= 0.3 is 5.97 Å². The van der Waals surface area contributed by atoms with Crippen molar-refractivity contribution in [2.75, 3.05) is 6.61 Å². The summed E-state index contributed by atoms with van der Waals surface area (Å²) in [5.41, 5.74) is 0. The van der Waals surface area contributed by atoms with Crippen molar-refractivity contribution >= 4 is 5.97 Å². The molecule has 0 fully saturated rings. The molecule has 0 aliphatic rings. The topological polar surface area (TPSA) is 26.3 Å². The van der Waals surface area contributed by atoms with Crippen LogP contribution in [0.4, 0.5) is 0 Å². The van der Waals surface area contributed by atoms with Crippen molar-refractivity contribution in [2.45, 2.75) is 136 Å². The molecule has 0 aromatic heterocycles. The van der Waals surface area contributed by atoms with E-state index >= 15 is 0 Å². The summed E-state index contributed by atoms with van der Waals surface area (Å²) in [6.07, 6.45) is 23.3. The molecular weight excluding hydrogens is 320 g/mol. The minimum atomic E-state index is 0.0191. The number of unbranched alkanes of at least 4 members (excludes halogenated alkanes) is 15. The molecule has 0 saturated heterocycles. The van der Waals surface area contributed by atoms with Crippen LogP contribution < -0.4 is 0 Å². The van der Waals surface area contributed by atoms with E-state index in [1.54, 1.807) is 0 Å². The van der Waals surface area contributed by atoms with E-state index in [2.05, 4.69) is 13.8 Å². The molecule has 156 valence electrons. The van der Waals surface area contributed by atoms with Gasteiger partial charge in [0.2, 0.25) is 0 Å². The number of hydrogen-bond acceptors (Lipinski definition) is 2. The number of rotatable bonds is 20. The highest BCUT2D eigenvalue weighted by atomic mass is 16.5. The zero-order valence-electron chi connectivity index (χ0n) is 18.3. The van der Waals surface area contributed by atoms with Crippen LogP contribution >= 0.6 is 0 Å². The Morgan fingerprint density at radius 1 is 0.615 bits per heavy atom. The van der Waals surface area contributed by atoms with Crippen LogP contribution in [-0.4, -0.2) is 12.6 Å². The fourth-order valence-electron chi connectivity index (χ4n) is 3.43. The largest absolute Gasteiger partial charge is 0.465 e. The first-order valence-corrected chi connectivity index (χ1v) is 11.9. The van der Waals surface area contributed by atoms with Gasteiger partial charge in [0.05, 0.1) is 12.5 Å². The first-order valence-electron chi connectivity index (χ1n) is 11.9. The van der Waals surface area contributed by atoms with Crippen molar-refractivity contribution in [2.24, 2.45) is 5.92 Å².